The zero-order valence-corrected chi connectivity index (χ0v) is 8.02. The van der Waals surface area contributed by atoms with Crippen molar-refractivity contribution in [1.29, 1.82) is 10.5 Å². The lowest BCUT2D eigenvalue weighted by molar-refractivity contribution is 1.26. The summed E-state index contributed by atoms with van der Waals surface area (Å²) in [5.74, 6) is 0. The quantitative estimate of drug-likeness (QED) is 0.716. The summed E-state index contributed by atoms with van der Waals surface area (Å²) < 4.78 is 0. The maximum absolute atomic E-state index is 8.69. The first kappa shape index (κ1) is 9.86. The van der Waals surface area contributed by atoms with E-state index in [0.29, 0.717) is 10.6 Å². The van der Waals surface area contributed by atoms with Crippen molar-refractivity contribution in [2.24, 2.45) is 0 Å². The van der Waals surface area contributed by atoms with Crippen LogP contribution in [0.5, 0.6) is 0 Å². The Balaban J connectivity index is 3.31. The van der Waals surface area contributed by atoms with Crippen molar-refractivity contribution < 1.29 is 0 Å². The van der Waals surface area contributed by atoms with Gasteiger partial charge >= 0.3 is 0 Å². The minimum absolute atomic E-state index is 0.185. The van der Waals surface area contributed by atoms with Gasteiger partial charge in [-0.05, 0) is 11.6 Å². The average molecular weight is 211 g/mol. The Labute approximate surface area is 85.9 Å². The second-order valence-corrected chi connectivity index (χ2v) is 3.13. The molecule has 0 unspecified atom stereocenters. The van der Waals surface area contributed by atoms with Crippen LogP contribution in [0.2, 0.25) is 10.0 Å². The van der Waals surface area contributed by atoms with E-state index in [1.165, 1.54) is 0 Å². The van der Waals surface area contributed by atoms with E-state index in [1.54, 1.807) is 12.1 Å². The topological polar surface area (TPSA) is 47.6 Å². The van der Waals surface area contributed by atoms with Crippen LogP contribution in [0.4, 0.5) is 0 Å². The van der Waals surface area contributed by atoms with Crippen molar-refractivity contribution in [3.8, 4) is 12.1 Å². The van der Waals surface area contributed by atoms with E-state index in [1.807, 2.05) is 12.1 Å². The molecule has 0 saturated carbocycles. The predicted molar refractivity (Wildman–Crippen MR) is 50.5 cm³/mol. The molecular weight excluding hydrogens is 207 g/mol. The summed E-state index contributed by atoms with van der Waals surface area (Å²) >= 11 is 11.5. The highest BCUT2D eigenvalue weighted by atomic mass is 35.5. The van der Waals surface area contributed by atoms with Gasteiger partial charge in [-0.1, -0.05) is 29.3 Å². The highest BCUT2D eigenvalue weighted by molar-refractivity contribution is 6.37. The monoisotopic (exact) mass is 210 g/mol. The summed E-state index contributed by atoms with van der Waals surface area (Å²) in [5.41, 5.74) is 0.862. The van der Waals surface area contributed by atoms with E-state index < -0.39 is 0 Å². The minimum atomic E-state index is 0.185. The third-order valence-electron chi connectivity index (χ3n) is 1.55. The summed E-state index contributed by atoms with van der Waals surface area (Å²) in [5, 5.41) is 17.7. The van der Waals surface area contributed by atoms with Crippen LogP contribution in [0.15, 0.2) is 12.1 Å². The van der Waals surface area contributed by atoms with E-state index in [9.17, 15) is 0 Å². The van der Waals surface area contributed by atoms with Crippen molar-refractivity contribution in [3.63, 3.8) is 0 Å². The van der Waals surface area contributed by atoms with Gasteiger partial charge in [0.05, 0.1) is 28.1 Å². The first-order chi connectivity index (χ1) is 6.20. The van der Waals surface area contributed by atoms with Gasteiger partial charge in [0.25, 0.3) is 0 Å². The third-order valence-corrected chi connectivity index (χ3v) is 2.30. The Hall–Kier alpha value is -1.22. The minimum Gasteiger partial charge on any atom is -0.198 e. The molecule has 0 radical (unpaired) electrons. The normalized spacial score (nSPS) is 8.92. The molecule has 0 aliphatic carbocycles. The number of nitriles is 2. The Morgan fingerprint density at radius 1 is 1.23 bits per heavy atom. The Morgan fingerprint density at radius 3 is 2.46 bits per heavy atom. The molecule has 64 valence electrons. The van der Waals surface area contributed by atoms with Crippen molar-refractivity contribution in [2.45, 2.75) is 6.42 Å². The molecule has 2 nitrogen and oxygen atoms in total. The average Bonchev–Trinajstić information content (AvgIpc) is 2.11. The number of benzene rings is 1. The predicted octanol–water partition coefficient (Wildman–Crippen LogP) is 2.93. The van der Waals surface area contributed by atoms with Crippen molar-refractivity contribution >= 4 is 23.2 Å². The highest BCUT2D eigenvalue weighted by Gasteiger charge is 2.09. The van der Waals surface area contributed by atoms with Gasteiger partial charge in [0.15, 0.2) is 0 Å². The van der Waals surface area contributed by atoms with Crippen molar-refractivity contribution in [2.75, 3.05) is 0 Å². The molecule has 0 N–H and O–H groups in total. The summed E-state index contributed by atoms with van der Waals surface area (Å²) in [7, 11) is 0. The number of hydrogen-bond donors (Lipinski definition) is 0. The molecule has 13 heavy (non-hydrogen) atoms. The molecule has 0 heterocycles. The lowest BCUT2D eigenvalue weighted by Crippen LogP contribution is -1.88. The lowest BCUT2D eigenvalue weighted by atomic mass is 10.1. The summed E-state index contributed by atoms with van der Waals surface area (Å²) in [6.45, 7) is 0. The lowest BCUT2D eigenvalue weighted by Gasteiger charge is -2.02. The molecule has 4 heteroatoms. The molecule has 0 spiro atoms. The van der Waals surface area contributed by atoms with E-state index >= 15 is 0 Å². The van der Waals surface area contributed by atoms with Gasteiger partial charge in [-0.25, -0.2) is 0 Å². The molecule has 0 aliphatic heterocycles. The van der Waals surface area contributed by atoms with Crippen LogP contribution >= 0.6 is 23.2 Å². The molecule has 0 bridgehead atoms. The molecule has 0 amide bonds. The van der Waals surface area contributed by atoms with Gasteiger partial charge in [0, 0.05) is 0 Å². The zero-order chi connectivity index (χ0) is 9.84. The molecule has 1 aromatic carbocycles. The van der Waals surface area contributed by atoms with Crippen molar-refractivity contribution in [1.82, 2.24) is 0 Å². The zero-order valence-electron chi connectivity index (χ0n) is 6.51. The van der Waals surface area contributed by atoms with Gasteiger partial charge in [-0.3, -0.25) is 0 Å². The second-order valence-electron chi connectivity index (χ2n) is 2.34. The SMILES string of the molecule is N#CCc1ccc(Cl)c(C#N)c1Cl. The van der Waals surface area contributed by atoms with Gasteiger partial charge in [-0.15, -0.1) is 0 Å². The largest absolute Gasteiger partial charge is 0.198 e. The first-order valence-corrected chi connectivity index (χ1v) is 4.20. The number of hydrogen-bond acceptors (Lipinski definition) is 2. The van der Waals surface area contributed by atoms with Gasteiger partial charge in [-0.2, -0.15) is 10.5 Å². The molecule has 0 saturated heterocycles. The Kier molecular flexibility index (Phi) is 3.14. The van der Waals surface area contributed by atoms with Crippen LogP contribution in [-0.4, -0.2) is 0 Å². The van der Waals surface area contributed by atoms with Gasteiger partial charge < -0.3 is 0 Å². The van der Waals surface area contributed by atoms with Crippen LogP contribution in [0, 0.1) is 22.7 Å². The summed E-state index contributed by atoms with van der Waals surface area (Å²) in [6, 6.07) is 7.06. The molecule has 0 aromatic heterocycles. The maximum atomic E-state index is 8.69. The fraction of sp³-hybridized carbons (Fsp3) is 0.111. The van der Waals surface area contributed by atoms with Crippen LogP contribution < -0.4 is 0 Å². The Bertz CT molecular complexity index is 413. The Morgan fingerprint density at radius 2 is 1.92 bits per heavy atom. The molecular formula is C9H4Cl2N2. The maximum Gasteiger partial charge on any atom is 0.102 e. The van der Waals surface area contributed by atoms with E-state index in [-0.39, 0.29) is 17.0 Å². The summed E-state index contributed by atoms with van der Waals surface area (Å²) in [4.78, 5) is 0. The molecule has 0 aliphatic rings. The molecule has 1 rings (SSSR count). The molecule has 1 aromatic rings. The highest BCUT2D eigenvalue weighted by Crippen LogP contribution is 2.27. The van der Waals surface area contributed by atoms with E-state index in [2.05, 4.69) is 0 Å². The van der Waals surface area contributed by atoms with E-state index in [4.69, 9.17) is 33.7 Å². The van der Waals surface area contributed by atoms with Crippen LogP contribution in [0.3, 0.4) is 0 Å². The van der Waals surface area contributed by atoms with Gasteiger partial charge in [0.2, 0.25) is 0 Å². The second kappa shape index (κ2) is 4.14. The number of rotatable bonds is 1. The van der Waals surface area contributed by atoms with Crippen molar-refractivity contribution in [3.05, 3.63) is 33.3 Å². The standard InChI is InChI=1S/C9H4Cl2N2/c10-8-2-1-6(3-4-12)9(11)7(8)5-13/h1-2H,3H2. The van der Waals surface area contributed by atoms with Gasteiger partial charge in [0.1, 0.15) is 6.07 Å². The van der Waals surface area contributed by atoms with Crippen LogP contribution in [-0.2, 0) is 6.42 Å². The van der Waals surface area contributed by atoms with Crippen LogP contribution in [0.25, 0.3) is 0 Å². The fourth-order valence-corrected chi connectivity index (χ4v) is 1.44. The number of nitrogens with zero attached hydrogens (tertiary/aromatic N) is 2. The third kappa shape index (κ3) is 1.92. The number of halogens is 2. The first-order valence-electron chi connectivity index (χ1n) is 3.44. The molecule has 0 atom stereocenters. The molecule has 0 fully saturated rings. The smallest absolute Gasteiger partial charge is 0.102 e. The fourth-order valence-electron chi connectivity index (χ4n) is 0.920. The summed E-state index contributed by atoms with van der Waals surface area (Å²) in [6.07, 6.45) is 0.185. The van der Waals surface area contributed by atoms with E-state index in [0.717, 1.165) is 0 Å². The van der Waals surface area contributed by atoms with Crippen LogP contribution in [0.1, 0.15) is 11.1 Å².